The number of methoxy groups -OCH3 is 1. The standard InChI is InChI=1S/C12H16BrClFNO/c1-17-7-6-16(5-4-14)9-10-8-11(13)2-3-12(10)15/h2-3,8H,4-7,9H2,1H3. The van der Waals surface area contributed by atoms with Gasteiger partial charge in [-0.1, -0.05) is 15.9 Å². The van der Waals surface area contributed by atoms with E-state index in [4.69, 9.17) is 16.3 Å². The van der Waals surface area contributed by atoms with E-state index in [-0.39, 0.29) is 5.82 Å². The lowest BCUT2D eigenvalue weighted by molar-refractivity contribution is 0.147. The molecule has 0 saturated heterocycles. The van der Waals surface area contributed by atoms with Crippen LogP contribution >= 0.6 is 27.5 Å². The van der Waals surface area contributed by atoms with Crippen molar-refractivity contribution in [2.24, 2.45) is 0 Å². The predicted molar refractivity (Wildman–Crippen MR) is 72.0 cm³/mol. The van der Waals surface area contributed by atoms with E-state index in [0.717, 1.165) is 17.6 Å². The highest BCUT2D eigenvalue weighted by atomic mass is 79.9. The molecule has 0 saturated carbocycles. The van der Waals surface area contributed by atoms with Gasteiger partial charge in [0.05, 0.1) is 6.61 Å². The number of ether oxygens (including phenoxy) is 1. The molecule has 0 unspecified atom stereocenters. The summed E-state index contributed by atoms with van der Waals surface area (Å²) in [7, 11) is 1.65. The lowest BCUT2D eigenvalue weighted by atomic mass is 10.2. The summed E-state index contributed by atoms with van der Waals surface area (Å²) in [5, 5.41) is 0. The van der Waals surface area contributed by atoms with Crippen LogP contribution in [0.3, 0.4) is 0 Å². The van der Waals surface area contributed by atoms with E-state index in [9.17, 15) is 4.39 Å². The van der Waals surface area contributed by atoms with Crippen molar-refractivity contribution in [3.05, 3.63) is 34.1 Å². The molecule has 0 amide bonds. The summed E-state index contributed by atoms with van der Waals surface area (Å²) < 4.78 is 19.5. The van der Waals surface area contributed by atoms with Gasteiger partial charge in [-0.2, -0.15) is 0 Å². The maximum atomic E-state index is 13.6. The summed E-state index contributed by atoms with van der Waals surface area (Å²) in [6.07, 6.45) is 0. The van der Waals surface area contributed by atoms with E-state index < -0.39 is 0 Å². The first-order valence-electron chi connectivity index (χ1n) is 5.38. The molecule has 2 nitrogen and oxygen atoms in total. The fourth-order valence-corrected chi connectivity index (χ4v) is 2.16. The van der Waals surface area contributed by atoms with Crippen molar-refractivity contribution < 1.29 is 9.13 Å². The van der Waals surface area contributed by atoms with Crippen LogP contribution in [0.5, 0.6) is 0 Å². The first-order chi connectivity index (χ1) is 8.17. The van der Waals surface area contributed by atoms with Crippen LogP contribution in [0.2, 0.25) is 0 Å². The van der Waals surface area contributed by atoms with Crippen LogP contribution in [-0.4, -0.2) is 37.6 Å². The number of hydrogen-bond donors (Lipinski definition) is 0. The van der Waals surface area contributed by atoms with Gasteiger partial charge >= 0.3 is 0 Å². The molecule has 0 aliphatic rings. The van der Waals surface area contributed by atoms with Crippen LogP contribution in [0.4, 0.5) is 4.39 Å². The molecule has 0 fully saturated rings. The Morgan fingerprint density at radius 1 is 1.41 bits per heavy atom. The quantitative estimate of drug-likeness (QED) is 0.714. The lowest BCUT2D eigenvalue weighted by Gasteiger charge is -2.21. The van der Waals surface area contributed by atoms with Gasteiger partial charge in [-0.05, 0) is 18.2 Å². The number of halogens is 3. The Morgan fingerprint density at radius 2 is 2.18 bits per heavy atom. The highest BCUT2D eigenvalue weighted by Crippen LogP contribution is 2.17. The van der Waals surface area contributed by atoms with Gasteiger partial charge in [-0.25, -0.2) is 4.39 Å². The molecule has 0 aromatic heterocycles. The van der Waals surface area contributed by atoms with Crippen LogP contribution in [0, 0.1) is 5.82 Å². The maximum absolute atomic E-state index is 13.6. The monoisotopic (exact) mass is 323 g/mol. The molecule has 0 atom stereocenters. The Bertz CT molecular complexity index is 351. The van der Waals surface area contributed by atoms with Crippen molar-refractivity contribution in [3.8, 4) is 0 Å². The molecule has 1 aromatic rings. The molecule has 1 aromatic carbocycles. The first-order valence-corrected chi connectivity index (χ1v) is 6.71. The number of hydrogen-bond acceptors (Lipinski definition) is 2. The summed E-state index contributed by atoms with van der Waals surface area (Å²) in [6.45, 7) is 2.62. The van der Waals surface area contributed by atoms with Gasteiger partial charge in [-0.15, -0.1) is 11.6 Å². The van der Waals surface area contributed by atoms with Gasteiger partial charge in [0.2, 0.25) is 0 Å². The molecule has 0 N–H and O–H groups in total. The van der Waals surface area contributed by atoms with E-state index in [1.165, 1.54) is 6.07 Å². The molecular weight excluding hydrogens is 308 g/mol. The summed E-state index contributed by atoms with van der Waals surface area (Å²) in [6, 6.07) is 4.96. The van der Waals surface area contributed by atoms with Crippen LogP contribution in [-0.2, 0) is 11.3 Å². The smallest absolute Gasteiger partial charge is 0.127 e. The Hall–Kier alpha value is -0.160. The Labute approximate surface area is 115 Å². The molecule has 0 aliphatic carbocycles. The molecule has 17 heavy (non-hydrogen) atoms. The Kier molecular flexibility index (Phi) is 7.04. The van der Waals surface area contributed by atoms with Gasteiger partial charge < -0.3 is 4.74 Å². The second-order valence-electron chi connectivity index (χ2n) is 3.69. The molecule has 0 heterocycles. The van der Waals surface area contributed by atoms with Gasteiger partial charge in [0.25, 0.3) is 0 Å². The highest BCUT2D eigenvalue weighted by Gasteiger charge is 2.09. The molecular formula is C12H16BrClFNO. The van der Waals surface area contributed by atoms with E-state index in [2.05, 4.69) is 20.8 Å². The van der Waals surface area contributed by atoms with E-state index >= 15 is 0 Å². The van der Waals surface area contributed by atoms with Gasteiger partial charge in [0.15, 0.2) is 0 Å². The van der Waals surface area contributed by atoms with Crippen LogP contribution in [0.25, 0.3) is 0 Å². The average Bonchev–Trinajstić information content (AvgIpc) is 2.31. The highest BCUT2D eigenvalue weighted by molar-refractivity contribution is 9.10. The molecule has 5 heteroatoms. The van der Waals surface area contributed by atoms with E-state index in [0.29, 0.717) is 24.6 Å². The normalized spacial score (nSPS) is 11.1. The van der Waals surface area contributed by atoms with Gasteiger partial charge in [0, 0.05) is 42.7 Å². The first kappa shape index (κ1) is 14.9. The molecule has 0 bridgehead atoms. The van der Waals surface area contributed by atoms with Crippen molar-refractivity contribution in [2.75, 3.05) is 32.7 Å². The fraction of sp³-hybridized carbons (Fsp3) is 0.500. The lowest BCUT2D eigenvalue weighted by Crippen LogP contribution is -2.29. The largest absolute Gasteiger partial charge is 0.383 e. The molecule has 1 rings (SSSR count). The van der Waals surface area contributed by atoms with Crippen molar-refractivity contribution in [1.82, 2.24) is 4.90 Å². The second-order valence-corrected chi connectivity index (χ2v) is 4.99. The summed E-state index contributed by atoms with van der Waals surface area (Å²) in [5.41, 5.74) is 0.667. The minimum Gasteiger partial charge on any atom is -0.383 e. The van der Waals surface area contributed by atoms with Crippen molar-refractivity contribution in [3.63, 3.8) is 0 Å². The van der Waals surface area contributed by atoms with Crippen LogP contribution in [0.15, 0.2) is 22.7 Å². The zero-order chi connectivity index (χ0) is 12.7. The Morgan fingerprint density at radius 3 is 2.82 bits per heavy atom. The summed E-state index contributed by atoms with van der Waals surface area (Å²) >= 11 is 9.07. The third-order valence-corrected chi connectivity index (χ3v) is 3.08. The molecule has 0 spiro atoms. The van der Waals surface area contributed by atoms with Gasteiger partial charge in [0.1, 0.15) is 5.82 Å². The molecule has 0 radical (unpaired) electrons. The third-order valence-electron chi connectivity index (χ3n) is 2.41. The zero-order valence-electron chi connectivity index (χ0n) is 9.76. The minimum absolute atomic E-state index is 0.190. The molecule has 96 valence electrons. The maximum Gasteiger partial charge on any atom is 0.127 e. The van der Waals surface area contributed by atoms with Gasteiger partial charge in [-0.3, -0.25) is 4.90 Å². The van der Waals surface area contributed by atoms with Crippen molar-refractivity contribution >= 4 is 27.5 Å². The summed E-state index contributed by atoms with van der Waals surface area (Å²) in [4.78, 5) is 2.07. The minimum atomic E-state index is -0.190. The van der Waals surface area contributed by atoms with Crippen LogP contribution in [0.1, 0.15) is 5.56 Å². The zero-order valence-corrected chi connectivity index (χ0v) is 12.1. The Balaban J connectivity index is 2.67. The van der Waals surface area contributed by atoms with Crippen molar-refractivity contribution in [1.29, 1.82) is 0 Å². The van der Waals surface area contributed by atoms with E-state index in [1.54, 1.807) is 19.2 Å². The summed E-state index contributed by atoms with van der Waals surface area (Å²) in [5.74, 6) is 0.337. The number of nitrogens with zero attached hydrogens (tertiary/aromatic N) is 1. The number of benzene rings is 1. The topological polar surface area (TPSA) is 12.5 Å². The third kappa shape index (κ3) is 5.34. The predicted octanol–water partition coefficient (Wildman–Crippen LogP) is 3.28. The van der Waals surface area contributed by atoms with Crippen molar-refractivity contribution in [2.45, 2.75) is 6.54 Å². The fourth-order valence-electron chi connectivity index (χ4n) is 1.52. The van der Waals surface area contributed by atoms with Crippen LogP contribution < -0.4 is 0 Å². The molecule has 0 aliphatic heterocycles. The second kappa shape index (κ2) is 8.03. The number of rotatable bonds is 7. The SMILES string of the molecule is COCCN(CCCl)Cc1cc(Br)ccc1F. The number of alkyl halides is 1. The average molecular weight is 325 g/mol. The van der Waals surface area contributed by atoms with E-state index in [1.807, 2.05) is 0 Å².